The largest absolute Gasteiger partial charge is 0.497 e. The van der Waals surface area contributed by atoms with Crippen molar-refractivity contribution < 1.29 is 23.0 Å². The molecule has 7 nitrogen and oxygen atoms in total. The van der Waals surface area contributed by atoms with Gasteiger partial charge in [-0.05, 0) is 29.8 Å². The molecule has 0 amide bonds. The van der Waals surface area contributed by atoms with Crippen LogP contribution in [0.5, 0.6) is 11.5 Å². The number of aliphatic imine (C=N–C) groups is 1. The van der Waals surface area contributed by atoms with E-state index in [1.807, 2.05) is 12.1 Å². The number of nitrogens with zero attached hydrogens (tertiary/aromatic N) is 2. The highest BCUT2D eigenvalue weighted by Crippen LogP contribution is 2.23. The second-order valence-electron chi connectivity index (χ2n) is 7.24. The minimum Gasteiger partial charge on any atom is -0.497 e. The average molecular weight is 576 g/mol. The van der Waals surface area contributed by atoms with Crippen LogP contribution in [-0.2, 0) is 4.74 Å². The molecule has 0 spiro atoms. The van der Waals surface area contributed by atoms with Crippen LogP contribution in [0.15, 0.2) is 47.5 Å². The van der Waals surface area contributed by atoms with Gasteiger partial charge in [-0.1, -0.05) is 12.1 Å². The number of ether oxygens (including phenoxy) is 3. The maximum absolute atomic E-state index is 13.3. The molecular weight excluding hydrogens is 545 g/mol. The second kappa shape index (κ2) is 14.2. The van der Waals surface area contributed by atoms with Gasteiger partial charge in [-0.2, -0.15) is 0 Å². The molecular formula is C23H31F2IN4O3. The van der Waals surface area contributed by atoms with Crippen LogP contribution in [0.25, 0.3) is 0 Å². The normalized spacial score (nSPS) is 15.3. The fourth-order valence-corrected chi connectivity index (χ4v) is 3.49. The van der Waals surface area contributed by atoms with Crippen molar-refractivity contribution >= 4 is 29.9 Å². The third-order valence-electron chi connectivity index (χ3n) is 5.23. The van der Waals surface area contributed by atoms with Gasteiger partial charge in [-0.15, -0.1) is 24.0 Å². The van der Waals surface area contributed by atoms with E-state index in [4.69, 9.17) is 14.2 Å². The summed E-state index contributed by atoms with van der Waals surface area (Å²) in [5.74, 6) is -0.0977. The van der Waals surface area contributed by atoms with Crippen molar-refractivity contribution in [1.29, 1.82) is 0 Å². The lowest BCUT2D eigenvalue weighted by molar-refractivity contribution is 0.0170. The molecule has 0 bridgehead atoms. The summed E-state index contributed by atoms with van der Waals surface area (Å²) in [5, 5.41) is 6.55. The molecule has 3 rings (SSSR count). The summed E-state index contributed by atoms with van der Waals surface area (Å²) < 4.78 is 42.5. The maximum atomic E-state index is 13.3. The van der Waals surface area contributed by atoms with Crippen molar-refractivity contribution in [2.45, 2.75) is 6.04 Å². The lowest BCUT2D eigenvalue weighted by Gasteiger charge is -2.35. The van der Waals surface area contributed by atoms with Crippen LogP contribution in [0.2, 0.25) is 0 Å². The van der Waals surface area contributed by atoms with E-state index in [1.165, 1.54) is 11.6 Å². The van der Waals surface area contributed by atoms with Crippen LogP contribution in [0, 0.1) is 11.6 Å². The molecule has 1 unspecified atom stereocenters. The Morgan fingerprint density at radius 3 is 2.39 bits per heavy atom. The molecule has 33 heavy (non-hydrogen) atoms. The molecule has 1 aliphatic heterocycles. The molecule has 2 aromatic rings. The number of benzene rings is 2. The predicted molar refractivity (Wildman–Crippen MR) is 135 cm³/mol. The topological polar surface area (TPSA) is 67.4 Å². The highest BCUT2D eigenvalue weighted by Gasteiger charge is 2.23. The Kier molecular flexibility index (Phi) is 11.6. The van der Waals surface area contributed by atoms with E-state index in [1.54, 1.807) is 14.2 Å². The quantitative estimate of drug-likeness (QED) is 0.207. The van der Waals surface area contributed by atoms with Gasteiger partial charge in [0, 0.05) is 32.7 Å². The van der Waals surface area contributed by atoms with Crippen LogP contribution in [0.3, 0.4) is 0 Å². The summed E-state index contributed by atoms with van der Waals surface area (Å²) in [4.78, 5) is 6.65. The third kappa shape index (κ3) is 8.27. The Morgan fingerprint density at radius 1 is 1.06 bits per heavy atom. The Morgan fingerprint density at radius 2 is 1.76 bits per heavy atom. The first-order chi connectivity index (χ1) is 15.6. The van der Waals surface area contributed by atoms with Gasteiger partial charge in [-0.25, -0.2) is 8.78 Å². The zero-order valence-corrected chi connectivity index (χ0v) is 21.2. The summed E-state index contributed by atoms with van der Waals surface area (Å²) in [6.07, 6.45) is 0. The van der Waals surface area contributed by atoms with Crippen molar-refractivity contribution in [2.75, 3.05) is 60.2 Å². The first-order valence-electron chi connectivity index (χ1n) is 10.6. The minimum absolute atomic E-state index is 0. The Balaban J connectivity index is 0.00000385. The zero-order valence-electron chi connectivity index (χ0n) is 18.9. The van der Waals surface area contributed by atoms with Crippen LogP contribution >= 0.6 is 24.0 Å². The summed E-state index contributed by atoms with van der Waals surface area (Å²) in [5.41, 5.74) is 1.18. The average Bonchev–Trinajstić information content (AvgIpc) is 2.83. The standard InChI is InChI=1S/C23H30F2N4O3.HI/c1-26-23(27-9-12-32-19-7-8-20(24)21(25)15-19)28-16-22(29-10-13-31-14-11-29)17-3-5-18(30-2)6-4-17;/h3-8,15,22H,9-14,16H2,1-2H3,(H2,26,27,28);1H. The van der Waals surface area contributed by atoms with E-state index in [2.05, 4.69) is 32.7 Å². The molecule has 10 heteroatoms. The highest BCUT2D eigenvalue weighted by atomic mass is 127. The van der Waals surface area contributed by atoms with Crippen molar-refractivity contribution in [3.05, 3.63) is 59.7 Å². The van der Waals surface area contributed by atoms with Gasteiger partial charge in [0.2, 0.25) is 0 Å². The summed E-state index contributed by atoms with van der Waals surface area (Å²) in [6.45, 7) is 4.50. The predicted octanol–water partition coefficient (Wildman–Crippen LogP) is 3.21. The van der Waals surface area contributed by atoms with Gasteiger partial charge < -0.3 is 24.8 Å². The number of morpholine rings is 1. The van der Waals surface area contributed by atoms with Gasteiger partial charge in [0.05, 0.1) is 32.9 Å². The van der Waals surface area contributed by atoms with E-state index >= 15 is 0 Å². The molecule has 2 N–H and O–H groups in total. The fraction of sp³-hybridized carbons (Fsp3) is 0.435. The Labute approximate surface area is 210 Å². The van der Waals surface area contributed by atoms with Crippen molar-refractivity contribution in [3.8, 4) is 11.5 Å². The highest BCUT2D eigenvalue weighted by molar-refractivity contribution is 14.0. The molecule has 1 atom stereocenters. The van der Waals surface area contributed by atoms with E-state index in [0.717, 1.165) is 31.0 Å². The van der Waals surface area contributed by atoms with Crippen molar-refractivity contribution in [2.24, 2.45) is 4.99 Å². The van der Waals surface area contributed by atoms with E-state index in [9.17, 15) is 8.78 Å². The number of nitrogens with one attached hydrogen (secondary N) is 2. The molecule has 182 valence electrons. The first kappa shape index (κ1) is 27.1. The number of rotatable bonds is 9. The van der Waals surface area contributed by atoms with E-state index in [0.29, 0.717) is 32.3 Å². The van der Waals surface area contributed by atoms with Gasteiger partial charge in [-0.3, -0.25) is 9.89 Å². The monoisotopic (exact) mass is 576 g/mol. The van der Waals surface area contributed by atoms with Crippen LogP contribution in [0.1, 0.15) is 11.6 Å². The third-order valence-corrected chi connectivity index (χ3v) is 5.23. The number of methoxy groups -OCH3 is 1. The maximum Gasteiger partial charge on any atom is 0.191 e. The summed E-state index contributed by atoms with van der Waals surface area (Å²) >= 11 is 0. The Bertz CT molecular complexity index is 881. The molecule has 0 saturated carbocycles. The molecule has 1 fully saturated rings. The van der Waals surface area contributed by atoms with Crippen molar-refractivity contribution in [1.82, 2.24) is 15.5 Å². The van der Waals surface area contributed by atoms with Crippen LogP contribution in [0.4, 0.5) is 8.78 Å². The molecule has 1 saturated heterocycles. The van der Waals surface area contributed by atoms with Crippen molar-refractivity contribution in [3.63, 3.8) is 0 Å². The molecule has 0 radical (unpaired) electrons. The number of guanidine groups is 1. The Hall–Kier alpha value is -2.18. The van der Waals surface area contributed by atoms with Gasteiger partial charge in [0.25, 0.3) is 0 Å². The van der Waals surface area contributed by atoms with E-state index in [-0.39, 0.29) is 42.4 Å². The molecule has 2 aromatic carbocycles. The molecule has 1 heterocycles. The SMILES string of the molecule is CN=C(NCCOc1ccc(F)c(F)c1)NCC(c1ccc(OC)cc1)N1CCOCC1.I. The number of hydrogen-bond acceptors (Lipinski definition) is 5. The summed E-state index contributed by atoms with van der Waals surface area (Å²) in [7, 11) is 3.35. The molecule has 0 aromatic heterocycles. The number of hydrogen-bond donors (Lipinski definition) is 2. The molecule has 0 aliphatic carbocycles. The van der Waals surface area contributed by atoms with Gasteiger partial charge >= 0.3 is 0 Å². The van der Waals surface area contributed by atoms with Gasteiger partial charge in [0.15, 0.2) is 17.6 Å². The van der Waals surface area contributed by atoms with Crippen LogP contribution in [-0.4, -0.2) is 71.0 Å². The smallest absolute Gasteiger partial charge is 0.191 e. The first-order valence-corrected chi connectivity index (χ1v) is 10.6. The minimum atomic E-state index is -0.930. The van der Waals surface area contributed by atoms with Crippen LogP contribution < -0.4 is 20.1 Å². The fourth-order valence-electron chi connectivity index (χ4n) is 3.49. The second-order valence-corrected chi connectivity index (χ2v) is 7.24. The lowest BCUT2D eigenvalue weighted by atomic mass is 10.0. The van der Waals surface area contributed by atoms with E-state index < -0.39 is 11.6 Å². The molecule has 1 aliphatic rings. The lowest BCUT2D eigenvalue weighted by Crippen LogP contribution is -2.46. The summed E-state index contributed by atoms with van der Waals surface area (Å²) in [6, 6.07) is 11.7. The van der Waals surface area contributed by atoms with Gasteiger partial charge in [0.1, 0.15) is 18.1 Å². The zero-order chi connectivity index (χ0) is 22.8. The number of halogens is 3.